The minimum atomic E-state index is -0.168. The fourth-order valence-electron chi connectivity index (χ4n) is 2.21. The highest BCUT2D eigenvalue weighted by molar-refractivity contribution is 5.72. The Balaban J connectivity index is 2.00. The van der Waals surface area contributed by atoms with Crippen molar-refractivity contribution in [1.29, 1.82) is 5.26 Å². The molecule has 0 radical (unpaired) electrons. The van der Waals surface area contributed by atoms with Crippen LogP contribution in [-0.2, 0) is 9.53 Å². The molecule has 0 amide bonds. The normalized spacial score (nSPS) is 22.2. The van der Waals surface area contributed by atoms with Crippen molar-refractivity contribution < 1.29 is 9.53 Å². The van der Waals surface area contributed by atoms with E-state index in [1.807, 2.05) is 6.07 Å². The van der Waals surface area contributed by atoms with E-state index in [9.17, 15) is 4.79 Å². The van der Waals surface area contributed by atoms with Gasteiger partial charge in [0.25, 0.3) is 0 Å². The predicted molar refractivity (Wildman–Crippen MR) is 63.5 cm³/mol. The summed E-state index contributed by atoms with van der Waals surface area (Å²) in [5, 5.41) is 12.1. The highest BCUT2D eigenvalue weighted by atomic mass is 16.5. The van der Waals surface area contributed by atoms with Crippen molar-refractivity contribution in [3.8, 4) is 6.07 Å². The number of carbonyl (C=O) groups excluding carboxylic acids is 1. The van der Waals surface area contributed by atoms with Gasteiger partial charge in [-0.05, 0) is 19.3 Å². The molecule has 1 aromatic rings. The SMILES string of the molecule is COC(=O)[C@H]1CC[C@@H](Nc2nccnc2C#N)C1. The average Bonchev–Trinajstić information content (AvgIpc) is 2.87. The fraction of sp³-hybridized carbons (Fsp3) is 0.500. The Hall–Kier alpha value is -2.16. The molecule has 18 heavy (non-hydrogen) atoms. The van der Waals surface area contributed by atoms with E-state index in [0.717, 1.165) is 12.8 Å². The number of rotatable bonds is 3. The maximum Gasteiger partial charge on any atom is 0.308 e. The van der Waals surface area contributed by atoms with Gasteiger partial charge in [0.15, 0.2) is 11.5 Å². The van der Waals surface area contributed by atoms with Gasteiger partial charge in [-0.2, -0.15) is 5.26 Å². The summed E-state index contributed by atoms with van der Waals surface area (Å²) in [6.07, 6.45) is 5.38. The van der Waals surface area contributed by atoms with Crippen LogP contribution >= 0.6 is 0 Å². The monoisotopic (exact) mass is 246 g/mol. The first-order valence-electron chi connectivity index (χ1n) is 5.80. The van der Waals surface area contributed by atoms with Crippen LogP contribution in [0.5, 0.6) is 0 Å². The number of nitriles is 1. The van der Waals surface area contributed by atoms with E-state index < -0.39 is 0 Å². The van der Waals surface area contributed by atoms with Gasteiger partial charge in [-0.3, -0.25) is 4.79 Å². The molecule has 0 aliphatic heterocycles. The van der Waals surface area contributed by atoms with Crippen LogP contribution in [0.25, 0.3) is 0 Å². The molecule has 1 saturated carbocycles. The third-order valence-electron chi connectivity index (χ3n) is 3.11. The van der Waals surface area contributed by atoms with Crippen LogP contribution in [0.1, 0.15) is 25.0 Å². The topological polar surface area (TPSA) is 87.9 Å². The summed E-state index contributed by atoms with van der Waals surface area (Å²) >= 11 is 0. The second-order valence-corrected chi connectivity index (χ2v) is 4.24. The molecule has 94 valence electrons. The number of anilines is 1. The lowest BCUT2D eigenvalue weighted by molar-refractivity contribution is -0.145. The number of hydrogen-bond acceptors (Lipinski definition) is 6. The van der Waals surface area contributed by atoms with Crippen LogP contribution < -0.4 is 5.32 Å². The van der Waals surface area contributed by atoms with Gasteiger partial charge in [0.1, 0.15) is 6.07 Å². The van der Waals surface area contributed by atoms with E-state index in [0.29, 0.717) is 12.2 Å². The maximum atomic E-state index is 11.4. The van der Waals surface area contributed by atoms with Crippen molar-refractivity contribution >= 4 is 11.8 Å². The van der Waals surface area contributed by atoms with Gasteiger partial charge >= 0.3 is 5.97 Å². The number of esters is 1. The van der Waals surface area contributed by atoms with Gasteiger partial charge in [-0.25, -0.2) is 9.97 Å². The number of hydrogen-bond donors (Lipinski definition) is 1. The van der Waals surface area contributed by atoms with Crippen molar-refractivity contribution in [3.63, 3.8) is 0 Å². The highest BCUT2D eigenvalue weighted by Crippen LogP contribution is 2.28. The first-order chi connectivity index (χ1) is 8.74. The quantitative estimate of drug-likeness (QED) is 0.803. The smallest absolute Gasteiger partial charge is 0.308 e. The molecule has 2 rings (SSSR count). The largest absolute Gasteiger partial charge is 0.469 e. The Morgan fingerprint density at radius 1 is 1.50 bits per heavy atom. The molecule has 1 aliphatic carbocycles. The summed E-state index contributed by atoms with van der Waals surface area (Å²) in [6, 6.07) is 2.12. The maximum absolute atomic E-state index is 11.4. The Morgan fingerprint density at radius 3 is 3.00 bits per heavy atom. The number of carbonyl (C=O) groups is 1. The van der Waals surface area contributed by atoms with Crippen LogP contribution in [0, 0.1) is 17.2 Å². The van der Waals surface area contributed by atoms with Gasteiger partial charge in [0.2, 0.25) is 0 Å². The number of nitrogens with one attached hydrogen (secondary N) is 1. The van der Waals surface area contributed by atoms with E-state index in [1.54, 1.807) is 0 Å². The average molecular weight is 246 g/mol. The van der Waals surface area contributed by atoms with Gasteiger partial charge in [0.05, 0.1) is 13.0 Å². The van der Waals surface area contributed by atoms with Crippen molar-refractivity contribution in [1.82, 2.24) is 9.97 Å². The van der Waals surface area contributed by atoms with E-state index in [1.165, 1.54) is 19.5 Å². The lowest BCUT2D eigenvalue weighted by Crippen LogP contribution is -2.20. The molecule has 1 N–H and O–H groups in total. The zero-order valence-corrected chi connectivity index (χ0v) is 10.1. The second-order valence-electron chi connectivity index (χ2n) is 4.24. The molecule has 0 saturated heterocycles. The lowest BCUT2D eigenvalue weighted by Gasteiger charge is -2.13. The van der Waals surface area contributed by atoms with Crippen LogP contribution in [0.2, 0.25) is 0 Å². The summed E-state index contributed by atoms with van der Waals surface area (Å²) in [4.78, 5) is 19.4. The Kier molecular flexibility index (Phi) is 3.72. The van der Waals surface area contributed by atoms with Crippen LogP contribution in [-0.4, -0.2) is 29.1 Å². The summed E-state index contributed by atoms with van der Waals surface area (Å²) in [5.74, 6) is 0.254. The molecule has 1 fully saturated rings. The standard InChI is InChI=1S/C12H14N4O2/c1-18-12(17)8-2-3-9(6-8)16-11-10(7-13)14-4-5-15-11/h4-5,8-9H,2-3,6H2,1H3,(H,15,16)/t8-,9+/m0/s1. The highest BCUT2D eigenvalue weighted by Gasteiger charge is 2.31. The molecule has 2 atom stereocenters. The predicted octanol–water partition coefficient (Wildman–Crippen LogP) is 1.10. The molecule has 0 aromatic carbocycles. The second kappa shape index (κ2) is 5.45. The zero-order chi connectivity index (χ0) is 13.0. The Bertz CT molecular complexity index is 483. The lowest BCUT2D eigenvalue weighted by atomic mass is 10.1. The molecule has 0 spiro atoms. The van der Waals surface area contributed by atoms with Crippen LogP contribution in [0.3, 0.4) is 0 Å². The molecule has 6 nitrogen and oxygen atoms in total. The summed E-state index contributed by atoms with van der Waals surface area (Å²) in [5.41, 5.74) is 0.277. The van der Waals surface area contributed by atoms with E-state index in [4.69, 9.17) is 10.00 Å². The van der Waals surface area contributed by atoms with Crippen molar-refractivity contribution in [2.75, 3.05) is 12.4 Å². The number of ether oxygens (including phenoxy) is 1. The van der Waals surface area contributed by atoms with Gasteiger partial charge < -0.3 is 10.1 Å². The number of nitrogens with zero attached hydrogens (tertiary/aromatic N) is 3. The van der Waals surface area contributed by atoms with Crippen LogP contribution in [0.15, 0.2) is 12.4 Å². The summed E-state index contributed by atoms with van der Waals surface area (Å²) in [7, 11) is 1.40. The van der Waals surface area contributed by atoms with Crippen molar-refractivity contribution in [2.24, 2.45) is 5.92 Å². The Morgan fingerprint density at radius 2 is 2.28 bits per heavy atom. The molecule has 1 heterocycles. The van der Waals surface area contributed by atoms with Gasteiger partial charge in [-0.15, -0.1) is 0 Å². The molecule has 6 heteroatoms. The fourth-order valence-corrected chi connectivity index (χ4v) is 2.21. The van der Waals surface area contributed by atoms with Gasteiger partial charge in [-0.1, -0.05) is 0 Å². The molecule has 1 aliphatic rings. The van der Waals surface area contributed by atoms with E-state index in [-0.39, 0.29) is 23.6 Å². The molecular weight excluding hydrogens is 232 g/mol. The number of aromatic nitrogens is 2. The first kappa shape index (κ1) is 12.3. The summed E-state index contributed by atoms with van der Waals surface area (Å²) in [6.45, 7) is 0. The van der Waals surface area contributed by atoms with Gasteiger partial charge in [0, 0.05) is 18.4 Å². The van der Waals surface area contributed by atoms with Crippen LogP contribution in [0.4, 0.5) is 5.82 Å². The van der Waals surface area contributed by atoms with Crippen molar-refractivity contribution in [3.05, 3.63) is 18.1 Å². The van der Waals surface area contributed by atoms with Crippen molar-refractivity contribution in [2.45, 2.75) is 25.3 Å². The van der Waals surface area contributed by atoms with E-state index in [2.05, 4.69) is 15.3 Å². The minimum Gasteiger partial charge on any atom is -0.469 e. The third kappa shape index (κ3) is 2.56. The zero-order valence-electron chi connectivity index (χ0n) is 10.1. The third-order valence-corrected chi connectivity index (χ3v) is 3.11. The van der Waals surface area contributed by atoms with E-state index >= 15 is 0 Å². The summed E-state index contributed by atoms with van der Waals surface area (Å²) < 4.78 is 4.73. The number of methoxy groups -OCH3 is 1. The molecule has 0 unspecified atom stereocenters. The molecule has 1 aromatic heterocycles. The molecule has 0 bridgehead atoms. The Labute approximate surface area is 105 Å². The minimum absolute atomic E-state index is 0.0605. The molecular formula is C12H14N4O2. The first-order valence-corrected chi connectivity index (χ1v) is 5.80.